The van der Waals surface area contributed by atoms with E-state index in [9.17, 15) is 10.4 Å². The molecule has 0 radical (unpaired) electrons. The molecule has 0 unspecified atom stereocenters. The molecule has 28 heavy (non-hydrogen) atoms. The van der Waals surface area contributed by atoms with E-state index in [0.29, 0.717) is 34.3 Å². The average molecular weight is 385 g/mol. The average Bonchev–Trinajstić information content (AvgIpc) is 2.72. The van der Waals surface area contributed by atoms with Crippen molar-refractivity contribution in [3.8, 4) is 23.0 Å². The molecule has 0 atom stereocenters. The zero-order chi connectivity index (χ0) is 20.3. The normalized spacial score (nSPS) is 10.6. The van der Waals surface area contributed by atoms with Gasteiger partial charge in [-0.05, 0) is 35.2 Å². The van der Waals surface area contributed by atoms with E-state index in [0.717, 1.165) is 10.8 Å². The quantitative estimate of drug-likeness (QED) is 0.617. The third-order valence-corrected chi connectivity index (χ3v) is 4.50. The SMILES string of the molecule is COc1cc(Cc2nccc3cc(OC)c(OC)cc23)c(N([O-])O)cc1OC. The fourth-order valence-electron chi connectivity index (χ4n) is 3.11. The first kappa shape index (κ1) is 19.5. The number of methoxy groups -OCH3 is 4. The smallest absolute Gasteiger partial charge is 0.162 e. The number of hydrogen-bond donors (Lipinski definition) is 1. The molecular weight excluding hydrogens is 364 g/mol. The van der Waals surface area contributed by atoms with Gasteiger partial charge in [0.05, 0.1) is 39.8 Å². The highest BCUT2D eigenvalue weighted by molar-refractivity contribution is 5.88. The molecule has 1 aromatic heterocycles. The summed E-state index contributed by atoms with van der Waals surface area (Å²) in [5.74, 6) is 1.97. The van der Waals surface area contributed by atoms with Crippen molar-refractivity contribution in [2.75, 3.05) is 33.7 Å². The summed E-state index contributed by atoms with van der Waals surface area (Å²) in [6, 6.07) is 8.64. The lowest BCUT2D eigenvalue weighted by molar-refractivity contribution is 0.294. The van der Waals surface area contributed by atoms with E-state index >= 15 is 0 Å². The number of benzene rings is 2. The van der Waals surface area contributed by atoms with E-state index in [1.165, 1.54) is 20.3 Å². The Bertz CT molecular complexity index is 990. The first-order valence-corrected chi connectivity index (χ1v) is 8.43. The Hall–Kier alpha value is -3.23. The minimum Gasteiger partial charge on any atom is -0.733 e. The highest BCUT2D eigenvalue weighted by atomic mass is 16.8. The molecule has 148 valence electrons. The Morgan fingerprint density at radius 3 is 2.07 bits per heavy atom. The zero-order valence-corrected chi connectivity index (χ0v) is 16.1. The lowest BCUT2D eigenvalue weighted by Gasteiger charge is -2.26. The van der Waals surface area contributed by atoms with Gasteiger partial charge in [-0.1, -0.05) is 0 Å². The molecular formula is C20H21N2O6-. The number of hydrogen-bond acceptors (Lipinski definition) is 8. The van der Waals surface area contributed by atoms with E-state index < -0.39 is 0 Å². The van der Waals surface area contributed by atoms with Crippen LogP contribution in [0.4, 0.5) is 5.69 Å². The Labute approximate surface area is 162 Å². The summed E-state index contributed by atoms with van der Waals surface area (Å²) >= 11 is 0. The van der Waals surface area contributed by atoms with Crippen molar-refractivity contribution in [3.63, 3.8) is 0 Å². The summed E-state index contributed by atoms with van der Waals surface area (Å²) in [6.07, 6.45) is 1.96. The molecule has 0 saturated carbocycles. The molecule has 8 heteroatoms. The van der Waals surface area contributed by atoms with Crippen molar-refractivity contribution in [3.05, 3.63) is 53.0 Å². The fraction of sp³-hybridized carbons (Fsp3) is 0.250. The number of nitrogens with zero attached hydrogens (tertiary/aromatic N) is 2. The molecule has 3 rings (SSSR count). The van der Waals surface area contributed by atoms with Gasteiger partial charge in [-0.25, -0.2) is 0 Å². The number of ether oxygens (including phenoxy) is 4. The molecule has 2 aromatic carbocycles. The molecule has 0 spiro atoms. The van der Waals surface area contributed by atoms with Crippen LogP contribution in [0.3, 0.4) is 0 Å². The van der Waals surface area contributed by atoms with Crippen LogP contribution >= 0.6 is 0 Å². The van der Waals surface area contributed by atoms with Crippen LogP contribution in [0, 0.1) is 5.21 Å². The van der Waals surface area contributed by atoms with Crippen molar-refractivity contribution >= 4 is 16.5 Å². The van der Waals surface area contributed by atoms with E-state index in [-0.39, 0.29) is 17.3 Å². The summed E-state index contributed by atoms with van der Waals surface area (Å²) in [5, 5.41) is 22.8. The molecule has 0 aliphatic rings. The second kappa shape index (κ2) is 8.20. The number of fused-ring (bicyclic) bond motifs is 1. The molecule has 0 fully saturated rings. The zero-order valence-electron chi connectivity index (χ0n) is 16.1. The summed E-state index contributed by atoms with van der Waals surface area (Å²) < 4.78 is 21.3. The molecule has 0 aliphatic carbocycles. The molecule has 0 saturated heterocycles. The fourth-order valence-corrected chi connectivity index (χ4v) is 3.11. The lowest BCUT2D eigenvalue weighted by Crippen LogP contribution is -2.11. The van der Waals surface area contributed by atoms with E-state index in [1.807, 2.05) is 18.2 Å². The summed E-state index contributed by atoms with van der Waals surface area (Å²) in [6.45, 7) is 0. The Morgan fingerprint density at radius 2 is 1.46 bits per heavy atom. The van der Waals surface area contributed by atoms with Gasteiger partial charge in [-0.2, -0.15) is 0 Å². The maximum absolute atomic E-state index is 11.7. The highest BCUT2D eigenvalue weighted by Gasteiger charge is 2.16. The van der Waals surface area contributed by atoms with Gasteiger partial charge in [0, 0.05) is 24.1 Å². The Morgan fingerprint density at radius 1 is 0.893 bits per heavy atom. The minimum absolute atomic E-state index is 0.0527. The maximum Gasteiger partial charge on any atom is 0.162 e. The third-order valence-electron chi connectivity index (χ3n) is 4.50. The first-order valence-electron chi connectivity index (χ1n) is 8.43. The molecule has 1 heterocycles. The second-order valence-corrected chi connectivity index (χ2v) is 5.97. The van der Waals surface area contributed by atoms with Gasteiger partial charge in [-0.15, -0.1) is 0 Å². The van der Waals surface area contributed by atoms with Crippen molar-refractivity contribution in [2.45, 2.75) is 6.42 Å². The van der Waals surface area contributed by atoms with Crippen molar-refractivity contribution in [1.82, 2.24) is 4.98 Å². The van der Waals surface area contributed by atoms with Crippen LogP contribution in [0.1, 0.15) is 11.3 Å². The van der Waals surface area contributed by atoms with Crippen LogP contribution in [0.15, 0.2) is 36.5 Å². The highest BCUT2D eigenvalue weighted by Crippen LogP contribution is 2.37. The first-order chi connectivity index (χ1) is 13.5. The van der Waals surface area contributed by atoms with Crippen LogP contribution in [-0.4, -0.2) is 38.6 Å². The standard InChI is InChI=1S/C20H21N2O6/c1-25-17-8-12-5-6-21-15(14(12)10-19(17)27-3)7-13-9-18(26-2)20(28-4)11-16(13)22(23)24/h5-6,8-11,23H,7H2,1-4H3/q-1. The number of rotatable bonds is 7. The van der Waals surface area contributed by atoms with Gasteiger partial charge >= 0.3 is 0 Å². The van der Waals surface area contributed by atoms with Crippen molar-refractivity contribution in [1.29, 1.82) is 0 Å². The van der Waals surface area contributed by atoms with Crippen molar-refractivity contribution in [2.24, 2.45) is 0 Å². The number of pyridine rings is 1. The molecule has 3 aromatic rings. The molecule has 8 nitrogen and oxygen atoms in total. The summed E-state index contributed by atoms with van der Waals surface area (Å²) in [4.78, 5) is 4.46. The minimum atomic E-state index is -0.188. The molecule has 0 amide bonds. The second-order valence-electron chi connectivity index (χ2n) is 5.97. The van der Waals surface area contributed by atoms with Crippen LogP contribution in [0.5, 0.6) is 23.0 Å². The number of anilines is 1. The summed E-state index contributed by atoms with van der Waals surface area (Å²) in [7, 11) is 6.10. The lowest BCUT2D eigenvalue weighted by atomic mass is 10.0. The molecule has 0 bridgehead atoms. The third kappa shape index (κ3) is 3.60. The monoisotopic (exact) mass is 385 g/mol. The van der Waals surface area contributed by atoms with Gasteiger partial charge < -0.3 is 29.4 Å². The van der Waals surface area contributed by atoms with Gasteiger partial charge in [0.15, 0.2) is 23.0 Å². The van der Waals surface area contributed by atoms with Gasteiger partial charge in [0.2, 0.25) is 0 Å². The van der Waals surface area contributed by atoms with Gasteiger partial charge in [-0.3, -0.25) is 10.2 Å². The molecule has 0 aliphatic heterocycles. The topological polar surface area (TPSA) is 96.3 Å². The van der Waals surface area contributed by atoms with Crippen molar-refractivity contribution < 1.29 is 24.2 Å². The van der Waals surface area contributed by atoms with Crippen LogP contribution < -0.4 is 24.2 Å². The largest absolute Gasteiger partial charge is 0.733 e. The van der Waals surface area contributed by atoms with Gasteiger partial charge in [0.1, 0.15) is 0 Å². The van der Waals surface area contributed by atoms with Crippen LogP contribution in [0.25, 0.3) is 10.8 Å². The Kier molecular flexibility index (Phi) is 5.72. The maximum atomic E-state index is 11.7. The van der Waals surface area contributed by atoms with Gasteiger partial charge in [0.25, 0.3) is 0 Å². The summed E-state index contributed by atoms with van der Waals surface area (Å²) in [5.41, 5.74) is 1.29. The number of aromatic nitrogens is 1. The molecule has 1 N–H and O–H groups in total. The van der Waals surface area contributed by atoms with Crippen LogP contribution in [-0.2, 0) is 6.42 Å². The van der Waals surface area contributed by atoms with E-state index in [2.05, 4.69) is 4.98 Å². The predicted octanol–water partition coefficient (Wildman–Crippen LogP) is 3.55. The Balaban J connectivity index is 2.14. The van der Waals surface area contributed by atoms with E-state index in [1.54, 1.807) is 26.5 Å². The van der Waals surface area contributed by atoms with E-state index in [4.69, 9.17) is 18.9 Å². The van der Waals surface area contributed by atoms with Crippen LogP contribution in [0.2, 0.25) is 0 Å². The predicted molar refractivity (Wildman–Crippen MR) is 105 cm³/mol.